The smallest absolute Gasteiger partial charge is 0.223 e. The molecule has 0 aromatic heterocycles. The topological polar surface area (TPSA) is 46.3 Å². The van der Waals surface area contributed by atoms with Crippen LogP contribution in [0.25, 0.3) is 0 Å². The lowest BCUT2D eigenvalue weighted by Gasteiger charge is -2.26. The molecule has 1 aromatic rings. The van der Waals surface area contributed by atoms with Gasteiger partial charge in [0.1, 0.15) is 0 Å². The van der Waals surface area contributed by atoms with E-state index >= 15 is 0 Å². The highest BCUT2D eigenvalue weighted by molar-refractivity contribution is 5.77. The molecule has 2 unspecified atom stereocenters. The maximum absolute atomic E-state index is 12.2. The lowest BCUT2D eigenvalue weighted by atomic mass is 9.96. The minimum Gasteiger partial charge on any atom is -0.399 e. The SMILES string of the molecule is CCCC(C)N(C)C(=O)CC(C)c1ccc(N)cc1. The summed E-state index contributed by atoms with van der Waals surface area (Å²) in [7, 11) is 1.90. The summed E-state index contributed by atoms with van der Waals surface area (Å²) >= 11 is 0. The number of amides is 1. The zero-order valence-corrected chi connectivity index (χ0v) is 12.5. The standard InChI is InChI=1S/C16H26N2O/c1-5-6-13(3)18(4)16(19)11-12(2)14-7-9-15(17)10-8-14/h7-10,12-13H,5-6,11,17H2,1-4H3. The monoisotopic (exact) mass is 262 g/mol. The van der Waals surface area contributed by atoms with Gasteiger partial charge in [-0.25, -0.2) is 0 Å². The summed E-state index contributed by atoms with van der Waals surface area (Å²) in [6.07, 6.45) is 2.71. The van der Waals surface area contributed by atoms with Gasteiger partial charge in [-0.15, -0.1) is 0 Å². The predicted octanol–water partition coefficient (Wildman–Crippen LogP) is 3.41. The van der Waals surface area contributed by atoms with Crippen LogP contribution in [-0.2, 0) is 4.79 Å². The van der Waals surface area contributed by atoms with Gasteiger partial charge in [-0.2, -0.15) is 0 Å². The van der Waals surface area contributed by atoms with Crippen LogP contribution < -0.4 is 5.73 Å². The van der Waals surface area contributed by atoms with Gasteiger partial charge in [0.2, 0.25) is 5.91 Å². The Morgan fingerprint density at radius 1 is 1.26 bits per heavy atom. The molecule has 0 saturated heterocycles. The van der Waals surface area contributed by atoms with Crippen LogP contribution in [0.5, 0.6) is 0 Å². The third-order valence-corrected chi connectivity index (χ3v) is 3.75. The van der Waals surface area contributed by atoms with E-state index in [1.165, 1.54) is 5.56 Å². The zero-order chi connectivity index (χ0) is 14.4. The quantitative estimate of drug-likeness (QED) is 0.799. The van der Waals surface area contributed by atoms with E-state index in [1.54, 1.807) is 0 Å². The van der Waals surface area contributed by atoms with Crippen LogP contribution in [0.3, 0.4) is 0 Å². The number of hydrogen-bond acceptors (Lipinski definition) is 2. The predicted molar refractivity (Wildman–Crippen MR) is 81.0 cm³/mol. The number of nitrogen functional groups attached to an aromatic ring is 1. The van der Waals surface area contributed by atoms with Gasteiger partial charge in [-0.1, -0.05) is 32.4 Å². The van der Waals surface area contributed by atoms with Crippen LogP contribution in [0.2, 0.25) is 0 Å². The summed E-state index contributed by atoms with van der Waals surface area (Å²) in [4.78, 5) is 14.1. The van der Waals surface area contributed by atoms with Crippen LogP contribution in [0.1, 0.15) is 51.5 Å². The molecule has 1 rings (SSSR count). The van der Waals surface area contributed by atoms with Gasteiger partial charge in [0.25, 0.3) is 0 Å². The van der Waals surface area contributed by atoms with Crippen molar-refractivity contribution in [1.82, 2.24) is 4.90 Å². The molecule has 0 aliphatic heterocycles. The molecule has 2 atom stereocenters. The van der Waals surface area contributed by atoms with Crippen LogP contribution in [-0.4, -0.2) is 23.9 Å². The molecule has 0 spiro atoms. The lowest BCUT2D eigenvalue weighted by Crippen LogP contribution is -2.35. The first-order valence-corrected chi connectivity index (χ1v) is 7.06. The Balaban J connectivity index is 2.58. The Hall–Kier alpha value is -1.51. The van der Waals surface area contributed by atoms with Crippen LogP contribution in [0.15, 0.2) is 24.3 Å². The first kappa shape index (κ1) is 15.5. The molecule has 0 fully saturated rings. The summed E-state index contributed by atoms with van der Waals surface area (Å²) in [6, 6.07) is 8.10. The number of nitrogens with zero attached hydrogens (tertiary/aromatic N) is 1. The summed E-state index contributed by atoms with van der Waals surface area (Å²) in [6.45, 7) is 6.34. The summed E-state index contributed by atoms with van der Waals surface area (Å²) in [5, 5.41) is 0. The van der Waals surface area contributed by atoms with Crippen molar-refractivity contribution in [2.45, 2.75) is 52.0 Å². The normalized spacial score (nSPS) is 13.9. The largest absolute Gasteiger partial charge is 0.399 e. The molecule has 1 amide bonds. The van der Waals surface area contributed by atoms with Crippen molar-refractivity contribution in [3.63, 3.8) is 0 Å². The Bertz CT molecular complexity index is 400. The van der Waals surface area contributed by atoms with E-state index in [9.17, 15) is 4.79 Å². The minimum absolute atomic E-state index is 0.213. The lowest BCUT2D eigenvalue weighted by molar-refractivity contribution is -0.132. The Kier molecular flexibility index (Phi) is 5.87. The van der Waals surface area contributed by atoms with Crippen molar-refractivity contribution < 1.29 is 4.79 Å². The van der Waals surface area contributed by atoms with Crippen molar-refractivity contribution in [2.24, 2.45) is 0 Å². The molecule has 106 valence electrons. The maximum atomic E-state index is 12.2. The van der Waals surface area contributed by atoms with Crippen LogP contribution in [0.4, 0.5) is 5.69 Å². The molecular formula is C16H26N2O. The second-order valence-electron chi connectivity index (χ2n) is 5.41. The highest BCUT2D eigenvalue weighted by Gasteiger charge is 2.18. The molecular weight excluding hydrogens is 236 g/mol. The Morgan fingerprint density at radius 2 is 1.84 bits per heavy atom. The molecule has 0 bridgehead atoms. The Morgan fingerprint density at radius 3 is 2.37 bits per heavy atom. The van der Waals surface area contributed by atoms with Crippen molar-refractivity contribution in [2.75, 3.05) is 12.8 Å². The van der Waals surface area contributed by atoms with Crippen molar-refractivity contribution in [1.29, 1.82) is 0 Å². The van der Waals surface area contributed by atoms with E-state index < -0.39 is 0 Å². The van der Waals surface area contributed by atoms with E-state index in [2.05, 4.69) is 20.8 Å². The number of hydrogen-bond donors (Lipinski definition) is 1. The van der Waals surface area contributed by atoms with Gasteiger partial charge in [0.15, 0.2) is 0 Å². The van der Waals surface area contributed by atoms with Crippen molar-refractivity contribution >= 4 is 11.6 Å². The van der Waals surface area contributed by atoms with Gasteiger partial charge in [0, 0.05) is 25.2 Å². The van der Waals surface area contributed by atoms with Crippen LogP contribution >= 0.6 is 0 Å². The number of carbonyl (C=O) groups is 1. The summed E-state index contributed by atoms with van der Waals surface area (Å²) in [5.41, 5.74) is 7.60. The fourth-order valence-corrected chi connectivity index (χ4v) is 2.21. The molecule has 3 nitrogen and oxygen atoms in total. The van der Waals surface area contributed by atoms with Gasteiger partial charge >= 0.3 is 0 Å². The fraction of sp³-hybridized carbons (Fsp3) is 0.562. The van der Waals surface area contributed by atoms with Gasteiger partial charge in [-0.3, -0.25) is 4.79 Å². The highest BCUT2D eigenvalue weighted by Crippen LogP contribution is 2.21. The molecule has 3 heteroatoms. The second kappa shape index (κ2) is 7.17. The molecule has 0 radical (unpaired) electrons. The number of nitrogens with two attached hydrogens (primary N) is 1. The Labute approximate surface area is 116 Å². The third kappa shape index (κ3) is 4.58. The fourth-order valence-electron chi connectivity index (χ4n) is 2.21. The number of carbonyl (C=O) groups excluding carboxylic acids is 1. The molecule has 1 aromatic carbocycles. The first-order valence-electron chi connectivity index (χ1n) is 7.06. The van der Waals surface area contributed by atoms with E-state index in [0.29, 0.717) is 12.5 Å². The van der Waals surface area contributed by atoms with E-state index in [4.69, 9.17) is 5.73 Å². The average Bonchev–Trinajstić information content (AvgIpc) is 2.38. The number of benzene rings is 1. The first-order chi connectivity index (χ1) is 8.95. The summed E-state index contributed by atoms with van der Waals surface area (Å²) < 4.78 is 0. The second-order valence-corrected chi connectivity index (χ2v) is 5.41. The maximum Gasteiger partial charge on any atom is 0.223 e. The molecule has 19 heavy (non-hydrogen) atoms. The van der Waals surface area contributed by atoms with Crippen molar-refractivity contribution in [3.8, 4) is 0 Å². The molecule has 2 N–H and O–H groups in total. The molecule has 0 saturated carbocycles. The van der Waals surface area contributed by atoms with Gasteiger partial charge in [-0.05, 0) is 37.0 Å². The third-order valence-electron chi connectivity index (χ3n) is 3.75. The van der Waals surface area contributed by atoms with E-state index in [-0.39, 0.29) is 11.8 Å². The zero-order valence-electron chi connectivity index (χ0n) is 12.5. The average molecular weight is 262 g/mol. The van der Waals surface area contributed by atoms with E-state index in [1.807, 2.05) is 36.2 Å². The van der Waals surface area contributed by atoms with Crippen molar-refractivity contribution in [3.05, 3.63) is 29.8 Å². The van der Waals surface area contributed by atoms with Crippen LogP contribution in [0, 0.1) is 0 Å². The molecule has 0 aliphatic rings. The molecule has 0 aliphatic carbocycles. The highest BCUT2D eigenvalue weighted by atomic mass is 16.2. The van der Waals surface area contributed by atoms with E-state index in [0.717, 1.165) is 18.5 Å². The minimum atomic E-state index is 0.213. The van der Waals surface area contributed by atoms with Gasteiger partial charge in [0.05, 0.1) is 0 Å². The number of rotatable bonds is 6. The molecule has 0 heterocycles. The summed E-state index contributed by atoms with van der Waals surface area (Å²) in [5.74, 6) is 0.439. The number of anilines is 1. The van der Waals surface area contributed by atoms with Gasteiger partial charge < -0.3 is 10.6 Å².